The summed E-state index contributed by atoms with van der Waals surface area (Å²) in [5.41, 5.74) is 8.51. The van der Waals surface area contributed by atoms with Crippen LogP contribution in [-0.4, -0.2) is 10.2 Å². The molecule has 1 heterocycles. The topological polar surface area (TPSA) is 63.8 Å². The van der Waals surface area contributed by atoms with E-state index in [4.69, 9.17) is 5.84 Å². The van der Waals surface area contributed by atoms with Crippen LogP contribution in [0.3, 0.4) is 0 Å². The molecule has 0 aliphatic rings. The second-order valence-electron chi connectivity index (χ2n) is 5.15. The SMILES string of the molecule is CCc1nnc(C)cc1C(Cc1ccc(C)cc1)NN. The molecule has 106 valence electrons. The van der Waals surface area contributed by atoms with Gasteiger partial charge in [0.2, 0.25) is 0 Å². The fraction of sp³-hybridized carbons (Fsp3) is 0.375. The van der Waals surface area contributed by atoms with Gasteiger partial charge in [-0.3, -0.25) is 11.3 Å². The van der Waals surface area contributed by atoms with E-state index in [1.54, 1.807) is 0 Å². The molecule has 4 nitrogen and oxygen atoms in total. The first-order chi connectivity index (χ1) is 9.63. The molecule has 0 bridgehead atoms. The van der Waals surface area contributed by atoms with Crippen molar-refractivity contribution in [2.75, 3.05) is 0 Å². The van der Waals surface area contributed by atoms with Crippen LogP contribution in [0.1, 0.15) is 41.0 Å². The van der Waals surface area contributed by atoms with Crippen molar-refractivity contribution in [3.63, 3.8) is 0 Å². The van der Waals surface area contributed by atoms with Gasteiger partial charge in [0.1, 0.15) is 0 Å². The van der Waals surface area contributed by atoms with Crippen molar-refractivity contribution >= 4 is 0 Å². The van der Waals surface area contributed by atoms with Gasteiger partial charge in [-0.25, -0.2) is 0 Å². The van der Waals surface area contributed by atoms with Crippen molar-refractivity contribution in [2.45, 2.75) is 39.7 Å². The first kappa shape index (κ1) is 14.6. The summed E-state index contributed by atoms with van der Waals surface area (Å²) in [7, 11) is 0. The minimum atomic E-state index is 0.0573. The number of aryl methyl sites for hydroxylation is 3. The molecule has 0 saturated carbocycles. The number of hydrazine groups is 1. The lowest BCUT2D eigenvalue weighted by atomic mass is 9.96. The highest BCUT2D eigenvalue weighted by atomic mass is 15.2. The minimum absolute atomic E-state index is 0.0573. The Balaban J connectivity index is 2.28. The van der Waals surface area contributed by atoms with Gasteiger partial charge in [-0.2, -0.15) is 10.2 Å². The van der Waals surface area contributed by atoms with Gasteiger partial charge < -0.3 is 0 Å². The zero-order valence-corrected chi connectivity index (χ0v) is 12.4. The molecular formula is C16H22N4. The van der Waals surface area contributed by atoms with Gasteiger partial charge >= 0.3 is 0 Å². The van der Waals surface area contributed by atoms with Gasteiger partial charge in [0.05, 0.1) is 17.4 Å². The van der Waals surface area contributed by atoms with E-state index in [0.29, 0.717) is 0 Å². The highest BCUT2D eigenvalue weighted by Gasteiger charge is 2.16. The van der Waals surface area contributed by atoms with Crippen molar-refractivity contribution in [1.29, 1.82) is 0 Å². The Bertz CT molecular complexity index is 563. The van der Waals surface area contributed by atoms with Gasteiger partial charge in [-0.05, 0) is 43.9 Å². The molecular weight excluding hydrogens is 248 g/mol. The maximum absolute atomic E-state index is 5.76. The van der Waals surface area contributed by atoms with Crippen molar-refractivity contribution in [1.82, 2.24) is 15.6 Å². The Labute approximate surface area is 120 Å². The number of hydrogen-bond donors (Lipinski definition) is 2. The Morgan fingerprint density at radius 1 is 1.15 bits per heavy atom. The monoisotopic (exact) mass is 270 g/mol. The molecule has 3 N–H and O–H groups in total. The number of aromatic nitrogens is 2. The summed E-state index contributed by atoms with van der Waals surface area (Å²) in [6.07, 6.45) is 1.70. The summed E-state index contributed by atoms with van der Waals surface area (Å²) >= 11 is 0. The zero-order chi connectivity index (χ0) is 14.5. The minimum Gasteiger partial charge on any atom is -0.271 e. The summed E-state index contributed by atoms with van der Waals surface area (Å²) in [4.78, 5) is 0. The van der Waals surface area contributed by atoms with Crippen LogP contribution in [0.2, 0.25) is 0 Å². The third kappa shape index (κ3) is 3.40. The molecule has 0 radical (unpaired) electrons. The third-order valence-electron chi connectivity index (χ3n) is 3.50. The lowest BCUT2D eigenvalue weighted by Crippen LogP contribution is -2.30. The van der Waals surface area contributed by atoms with E-state index in [2.05, 4.69) is 59.8 Å². The molecule has 0 aliphatic carbocycles. The lowest BCUT2D eigenvalue weighted by Gasteiger charge is -2.19. The normalized spacial score (nSPS) is 12.4. The van der Waals surface area contributed by atoms with Crippen LogP contribution in [0.5, 0.6) is 0 Å². The van der Waals surface area contributed by atoms with E-state index >= 15 is 0 Å². The third-order valence-corrected chi connectivity index (χ3v) is 3.50. The molecule has 4 heteroatoms. The predicted molar refractivity (Wildman–Crippen MR) is 81.1 cm³/mol. The van der Waals surface area contributed by atoms with Crippen LogP contribution in [0.4, 0.5) is 0 Å². The fourth-order valence-electron chi connectivity index (χ4n) is 2.33. The smallest absolute Gasteiger partial charge is 0.0676 e. The number of nitrogens with two attached hydrogens (primary N) is 1. The predicted octanol–water partition coefficient (Wildman–Crippen LogP) is 2.40. The van der Waals surface area contributed by atoms with E-state index < -0.39 is 0 Å². The Morgan fingerprint density at radius 2 is 1.85 bits per heavy atom. The van der Waals surface area contributed by atoms with Crippen LogP contribution in [0.25, 0.3) is 0 Å². The number of nitrogens with zero attached hydrogens (tertiary/aromatic N) is 2. The summed E-state index contributed by atoms with van der Waals surface area (Å²) in [6.45, 7) is 6.13. The first-order valence-electron chi connectivity index (χ1n) is 6.98. The second kappa shape index (κ2) is 6.59. The van der Waals surface area contributed by atoms with E-state index in [1.807, 2.05) is 6.92 Å². The van der Waals surface area contributed by atoms with E-state index in [0.717, 1.165) is 29.8 Å². The molecule has 0 saturated heterocycles. The molecule has 1 atom stereocenters. The summed E-state index contributed by atoms with van der Waals surface area (Å²) in [5.74, 6) is 5.76. The molecule has 1 unspecified atom stereocenters. The lowest BCUT2D eigenvalue weighted by molar-refractivity contribution is 0.541. The molecule has 0 amide bonds. The van der Waals surface area contributed by atoms with Gasteiger partial charge in [-0.15, -0.1) is 0 Å². The molecule has 2 rings (SSSR count). The maximum atomic E-state index is 5.76. The van der Waals surface area contributed by atoms with Crippen molar-refractivity contribution in [3.05, 3.63) is 58.4 Å². The van der Waals surface area contributed by atoms with Gasteiger partial charge in [-0.1, -0.05) is 36.8 Å². The van der Waals surface area contributed by atoms with Crippen LogP contribution in [0.15, 0.2) is 30.3 Å². The van der Waals surface area contributed by atoms with Gasteiger partial charge in [0, 0.05) is 0 Å². The highest BCUT2D eigenvalue weighted by molar-refractivity contribution is 5.28. The van der Waals surface area contributed by atoms with E-state index in [9.17, 15) is 0 Å². The second-order valence-corrected chi connectivity index (χ2v) is 5.15. The van der Waals surface area contributed by atoms with Crippen LogP contribution < -0.4 is 11.3 Å². The fourth-order valence-corrected chi connectivity index (χ4v) is 2.33. The molecule has 0 aliphatic heterocycles. The summed E-state index contributed by atoms with van der Waals surface area (Å²) in [5, 5.41) is 8.40. The molecule has 0 fully saturated rings. The van der Waals surface area contributed by atoms with Crippen molar-refractivity contribution < 1.29 is 0 Å². The average Bonchev–Trinajstić information content (AvgIpc) is 2.46. The molecule has 0 spiro atoms. The molecule has 20 heavy (non-hydrogen) atoms. The molecule has 1 aromatic carbocycles. The Kier molecular flexibility index (Phi) is 4.82. The van der Waals surface area contributed by atoms with E-state index in [-0.39, 0.29) is 6.04 Å². The van der Waals surface area contributed by atoms with Crippen LogP contribution >= 0.6 is 0 Å². The molecule has 1 aromatic heterocycles. The summed E-state index contributed by atoms with van der Waals surface area (Å²) in [6, 6.07) is 10.7. The van der Waals surface area contributed by atoms with Crippen LogP contribution in [-0.2, 0) is 12.8 Å². The maximum Gasteiger partial charge on any atom is 0.0676 e. The molecule has 2 aromatic rings. The number of rotatable bonds is 5. The van der Waals surface area contributed by atoms with Crippen LogP contribution in [0, 0.1) is 13.8 Å². The zero-order valence-electron chi connectivity index (χ0n) is 12.4. The number of benzene rings is 1. The van der Waals surface area contributed by atoms with Gasteiger partial charge in [0.25, 0.3) is 0 Å². The van der Waals surface area contributed by atoms with Gasteiger partial charge in [0.15, 0.2) is 0 Å². The average molecular weight is 270 g/mol. The highest BCUT2D eigenvalue weighted by Crippen LogP contribution is 2.21. The summed E-state index contributed by atoms with van der Waals surface area (Å²) < 4.78 is 0. The van der Waals surface area contributed by atoms with E-state index in [1.165, 1.54) is 11.1 Å². The number of hydrogen-bond acceptors (Lipinski definition) is 4. The largest absolute Gasteiger partial charge is 0.271 e. The van der Waals surface area contributed by atoms with Crippen molar-refractivity contribution in [3.8, 4) is 0 Å². The Hall–Kier alpha value is -1.78. The Morgan fingerprint density at radius 3 is 2.45 bits per heavy atom. The first-order valence-corrected chi connectivity index (χ1v) is 6.98. The standard InChI is InChI=1S/C16H22N4/c1-4-15-14(9-12(3)19-20-15)16(18-17)10-13-7-5-11(2)6-8-13/h5-9,16,18H,4,10,17H2,1-3H3. The van der Waals surface area contributed by atoms with Crippen molar-refractivity contribution in [2.24, 2.45) is 5.84 Å². The quantitative estimate of drug-likeness (QED) is 0.647. The number of nitrogens with one attached hydrogen (secondary N) is 1.